The van der Waals surface area contributed by atoms with Crippen LogP contribution in [-0.4, -0.2) is 16.8 Å². The number of aryl methyl sites for hydroxylation is 2. The van der Waals surface area contributed by atoms with E-state index in [1.165, 1.54) is 0 Å². The first-order valence-electron chi connectivity index (χ1n) is 9.43. The van der Waals surface area contributed by atoms with Crippen LogP contribution < -0.4 is 10.6 Å². The Labute approximate surface area is 185 Å². The van der Waals surface area contributed by atoms with Crippen molar-refractivity contribution in [3.63, 3.8) is 0 Å². The fourth-order valence-corrected chi connectivity index (χ4v) is 3.43. The summed E-state index contributed by atoms with van der Waals surface area (Å²) in [7, 11) is 0. The minimum atomic E-state index is -0.263. The maximum atomic E-state index is 13.2. The van der Waals surface area contributed by atoms with Crippen molar-refractivity contribution in [1.82, 2.24) is 4.98 Å². The Hall–Kier alpha value is -2.89. The summed E-state index contributed by atoms with van der Waals surface area (Å²) in [6.45, 7) is 5.60. The Morgan fingerprint density at radius 1 is 0.933 bits per heavy atom. The predicted molar refractivity (Wildman–Crippen MR) is 122 cm³/mol. The van der Waals surface area contributed by atoms with Gasteiger partial charge in [0.1, 0.15) is 5.82 Å². The van der Waals surface area contributed by atoms with E-state index < -0.39 is 0 Å². The lowest BCUT2D eigenvalue weighted by Crippen LogP contribution is -2.16. The molecule has 30 heavy (non-hydrogen) atoms. The standard InChI is InChI=1S/C23H21Cl2N3O2/c1-4-20(29)28-19-11-15(9-10-26-19)21-13(2)5-6-14(3)22(21)23(30)27-16-7-8-17(24)18(25)12-16/h5-12H,4H2,1-3H3,(H,27,30)(H,26,28,29). The summed E-state index contributed by atoms with van der Waals surface area (Å²) in [5.74, 6) is 0.0508. The van der Waals surface area contributed by atoms with Gasteiger partial charge >= 0.3 is 0 Å². The number of anilines is 2. The van der Waals surface area contributed by atoms with E-state index >= 15 is 0 Å². The van der Waals surface area contributed by atoms with Gasteiger partial charge in [0.05, 0.1) is 15.6 Å². The summed E-state index contributed by atoms with van der Waals surface area (Å²) in [6, 6.07) is 12.4. The topological polar surface area (TPSA) is 71.1 Å². The molecule has 0 aliphatic rings. The van der Waals surface area contributed by atoms with Crippen LogP contribution in [0.15, 0.2) is 48.7 Å². The average molecular weight is 442 g/mol. The van der Waals surface area contributed by atoms with Crippen molar-refractivity contribution in [2.45, 2.75) is 27.2 Å². The van der Waals surface area contributed by atoms with E-state index in [9.17, 15) is 9.59 Å². The molecule has 0 aliphatic heterocycles. The number of pyridine rings is 1. The molecule has 0 spiro atoms. The molecule has 0 saturated heterocycles. The molecule has 3 rings (SSSR count). The fourth-order valence-electron chi connectivity index (χ4n) is 3.13. The molecular formula is C23H21Cl2N3O2. The number of hydrogen-bond donors (Lipinski definition) is 2. The highest BCUT2D eigenvalue weighted by atomic mass is 35.5. The third kappa shape index (κ3) is 4.81. The monoisotopic (exact) mass is 441 g/mol. The summed E-state index contributed by atoms with van der Waals surface area (Å²) >= 11 is 12.0. The Bertz CT molecular complexity index is 1130. The van der Waals surface area contributed by atoms with Gasteiger partial charge in [-0.25, -0.2) is 4.98 Å². The van der Waals surface area contributed by atoms with Gasteiger partial charge in [0, 0.05) is 18.3 Å². The molecule has 3 aromatic rings. The number of carbonyl (C=O) groups excluding carboxylic acids is 2. The zero-order valence-electron chi connectivity index (χ0n) is 16.8. The maximum Gasteiger partial charge on any atom is 0.256 e. The van der Waals surface area contributed by atoms with E-state index in [2.05, 4.69) is 15.6 Å². The number of halogens is 2. The molecule has 0 fully saturated rings. The Balaban J connectivity index is 2.03. The summed E-state index contributed by atoms with van der Waals surface area (Å²) < 4.78 is 0. The first-order chi connectivity index (χ1) is 14.3. The molecule has 5 nitrogen and oxygen atoms in total. The van der Waals surface area contributed by atoms with Crippen LogP contribution >= 0.6 is 23.2 Å². The van der Waals surface area contributed by atoms with E-state index in [4.69, 9.17) is 23.2 Å². The molecule has 0 aliphatic carbocycles. The third-order valence-corrected chi connectivity index (χ3v) is 5.40. The van der Waals surface area contributed by atoms with Crippen molar-refractivity contribution in [2.75, 3.05) is 10.6 Å². The van der Waals surface area contributed by atoms with Crippen molar-refractivity contribution < 1.29 is 9.59 Å². The van der Waals surface area contributed by atoms with Crippen LogP contribution in [0.5, 0.6) is 0 Å². The number of hydrogen-bond acceptors (Lipinski definition) is 3. The summed E-state index contributed by atoms with van der Waals surface area (Å²) in [6.07, 6.45) is 1.97. The van der Waals surface area contributed by atoms with Gasteiger partial charge in [0.2, 0.25) is 5.91 Å². The van der Waals surface area contributed by atoms with Gasteiger partial charge in [-0.15, -0.1) is 0 Å². The SMILES string of the molecule is CCC(=O)Nc1cc(-c2c(C)ccc(C)c2C(=O)Nc2ccc(Cl)c(Cl)c2)ccn1. The molecule has 2 amide bonds. The molecule has 0 unspecified atom stereocenters. The van der Waals surface area contributed by atoms with Crippen LogP contribution in [0.4, 0.5) is 11.5 Å². The second kappa shape index (κ2) is 9.28. The maximum absolute atomic E-state index is 13.2. The summed E-state index contributed by atoms with van der Waals surface area (Å²) in [5.41, 5.74) is 4.41. The highest BCUT2D eigenvalue weighted by Crippen LogP contribution is 2.32. The van der Waals surface area contributed by atoms with E-state index in [1.54, 1.807) is 37.4 Å². The zero-order valence-corrected chi connectivity index (χ0v) is 18.4. The van der Waals surface area contributed by atoms with Crippen LogP contribution in [-0.2, 0) is 4.79 Å². The van der Waals surface area contributed by atoms with Crippen LogP contribution in [0.3, 0.4) is 0 Å². The molecule has 7 heteroatoms. The number of rotatable bonds is 5. The Morgan fingerprint density at radius 2 is 1.67 bits per heavy atom. The third-order valence-electron chi connectivity index (χ3n) is 4.66. The second-order valence-corrected chi connectivity index (χ2v) is 7.68. The smallest absolute Gasteiger partial charge is 0.256 e. The minimum absolute atomic E-state index is 0.127. The molecule has 1 aromatic heterocycles. The van der Waals surface area contributed by atoms with E-state index in [0.717, 1.165) is 22.3 Å². The lowest BCUT2D eigenvalue weighted by atomic mass is 9.91. The summed E-state index contributed by atoms with van der Waals surface area (Å²) in [4.78, 5) is 29.2. The van der Waals surface area contributed by atoms with E-state index in [1.807, 2.05) is 32.0 Å². The van der Waals surface area contributed by atoms with Gasteiger partial charge < -0.3 is 10.6 Å². The molecule has 0 bridgehead atoms. The van der Waals surface area contributed by atoms with Crippen LogP contribution in [0.2, 0.25) is 10.0 Å². The van der Waals surface area contributed by atoms with Crippen molar-refractivity contribution in [3.8, 4) is 11.1 Å². The summed E-state index contributed by atoms with van der Waals surface area (Å²) in [5, 5.41) is 6.43. The number of benzene rings is 2. The van der Waals surface area contributed by atoms with Gasteiger partial charge in [0.15, 0.2) is 0 Å². The van der Waals surface area contributed by atoms with Gasteiger partial charge in [-0.1, -0.05) is 42.3 Å². The van der Waals surface area contributed by atoms with Crippen LogP contribution in [0.25, 0.3) is 11.1 Å². The number of amides is 2. The average Bonchev–Trinajstić information content (AvgIpc) is 2.72. The lowest BCUT2D eigenvalue weighted by Gasteiger charge is -2.17. The lowest BCUT2D eigenvalue weighted by molar-refractivity contribution is -0.115. The molecule has 0 radical (unpaired) electrons. The molecule has 2 N–H and O–H groups in total. The quantitative estimate of drug-likeness (QED) is 0.489. The normalized spacial score (nSPS) is 10.6. The van der Waals surface area contributed by atoms with Gasteiger partial charge in [-0.3, -0.25) is 9.59 Å². The fraction of sp³-hybridized carbons (Fsp3) is 0.174. The Morgan fingerprint density at radius 3 is 2.37 bits per heavy atom. The van der Waals surface area contributed by atoms with Gasteiger partial charge in [-0.05, 0) is 66.4 Å². The van der Waals surface area contributed by atoms with E-state index in [0.29, 0.717) is 33.5 Å². The molecule has 154 valence electrons. The van der Waals surface area contributed by atoms with Crippen LogP contribution in [0, 0.1) is 13.8 Å². The van der Waals surface area contributed by atoms with Gasteiger partial charge in [0.25, 0.3) is 5.91 Å². The van der Waals surface area contributed by atoms with Crippen LogP contribution in [0.1, 0.15) is 34.8 Å². The van der Waals surface area contributed by atoms with Crippen molar-refractivity contribution in [3.05, 3.63) is 75.4 Å². The number of nitrogens with one attached hydrogen (secondary N) is 2. The Kier molecular flexibility index (Phi) is 6.75. The molecule has 2 aromatic carbocycles. The zero-order chi connectivity index (χ0) is 21.8. The minimum Gasteiger partial charge on any atom is -0.322 e. The molecule has 0 saturated carbocycles. The number of carbonyl (C=O) groups is 2. The molecule has 1 heterocycles. The first kappa shape index (κ1) is 21.8. The van der Waals surface area contributed by atoms with E-state index in [-0.39, 0.29) is 11.8 Å². The van der Waals surface area contributed by atoms with Crippen molar-refractivity contribution >= 4 is 46.5 Å². The van der Waals surface area contributed by atoms with Crippen molar-refractivity contribution in [2.24, 2.45) is 0 Å². The largest absolute Gasteiger partial charge is 0.322 e. The number of aromatic nitrogens is 1. The van der Waals surface area contributed by atoms with Gasteiger partial charge in [-0.2, -0.15) is 0 Å². The molecule has 0 atom stereocenters. The highest BCUT2D eigenvalue weighted by molar-refractivity contribution is 6.42. The first-order valence-corrected chi connectivity index (χ1v) is 10.2. The molecular weight excluding hydrogens is 421 g/mol. The van der Waals surface area contributed by atoms with Crippen molar-refractivity contribution in [1.29, 1.82) is 0 Å². The predicted octanol–water partition coefficient (Wildman–Crippen LogP) is 6.27. The number of nitrogens with zero attached hydrogens (tertiary/aromatic N) is 1. The second-order valence-electron chi connectivity index (χ2n) is 6.86. The highest BCUT2D eigenvalue weighted by Gasteiger charge is 2.19.